The Kier molecular flexibility index (Phi) is 7.46. The summed E-state index contributed by atoms with van der Waals surface area (Å²) in [5, 5.41) is 18.8. The molecule has 0 atom stereocenters. The second kappa shape index (κ2) is 11.8. The molecule has 0 bridgehead atoms. The number of halogens is 2. The Morgan fingerprint density at radius 2 is 0.953 bits per heavy atom. The number of aromatic nitrogens is 3. The average Bonchev–Trinajstić information content (AvgIpc) is 3.04. The van der Waals surface area contributed by atoms with Crippen LogP contribution >= 0.6 is 0 Å². The quantitative estimate of drug-likeness (QED) is 0.205. The van der Waals surface area contributed by atoms with Crippen LogP contribution in [0.4, 0.5) is 8.78 Å². The molecule has 0 saturated heterocycles. The molecular formula is C36H21F2N5. The van der Waals surface area contributed by atoms with E-state index in [0.717, 1.165) is 39.9 Å². The van der Waals surface area contributed by atoms with Crippen LogP contribution in [0, 0.1) is 34.3 Å². The van der Waals surface area contributed by atoms with Crippen molar-refractivity contribution in [2.75, 3.05) is 0 Å². The minimum atomic E-state index is -0.613. The first-order chi connectivity index (χ1) is 21.0. The summed E-state index contributed by atoms with van der Waals surface area (Å²) < 4.78 is 28.9. The Morgan fingerprint density at radius 1 is 0.488 bits per heavy atom. The molecule has 0 fully saturated rings. The number of hydrogen-bond acceptors (Lipinski definition) is 5. The molecule has 5 aromatic carbocycles. The summed E-state index contributed by atoms with van der Waals surface area (Å²) in [7, 11) is 0. The van der Waals surface area contributed by atoms with E-state index in [9.17, 15) is 19.3 Å². The van der Waals surface area contributed by atoms with Crippen LogP contribution in [0.3, 0.4) is 0 Å². The van der Waals surface area contributed by atoms with E-state index in [0.29, 0.717) is 5.82 Å². The van der Waals surface area contributed by atoms with Crippen LogP contribution in [0.25, 0.3) is 45.0 Å². The van der Waals surface area contributed by atoms with Crippen molar-refractivity contribution in [3.8, 4) is 57.2 Å². The van der Waals surface area contributed by atoms with E-state index in [1.807, 2.05) is 72.8 Å². The highest BCUT2D eigenvalue weighted by atomic mass is 19.1. The highest BCUT2D eigenvalue weighted by Gasteiger charge is 2.15. The lowest BCUT2D eigenvalue weighted by molar-refractivity contribution is 0.627. The van der Waals surface area contributed by atoms with Crippen molar-refractivity contribution in [3.05, 3.63) is 149 Å². The molecule has 204 valence electrons. The van der Waals surface area contributed by atoms with Gasteiger partial charge < -0.3 is 0 Å². The van der Waals surface area contributed by atoms with Gasteiger partial charge in [-0.15, -0.1) is 0 Å². The van der Waals surface area contributed by atoms with Crippen molar-refractivity contribution >= 4 is 0 Å². The first-order valence-electron chi connectivity index (χ1n) is 13.4. The molecule has 0 aliphatic rings. The van der Waals surface area contributed by atoms with Gasteiger partial charge in [0, 0.05) is 17.5 Å². The molecule has 0 radical (unpaired) electrons. The fraction of sp³-hybridized carbons (Fsp3) is 0.0278. The highest BCUT2D eigenvalue weighted by Crippen LogP contribution is 2.30. The maximum Gasteiger partial charge on any atom is 0.163 e. The van der Waals surface area contributed by atoms with Crippen LogP contribution in [0.5, 0.6) is 0 Å². The third-order valence-corrected chi connectivity index (χ3v) is 6.82. The molecule has 0 saturated carbocycles. The molecule has 6 rings (SSSR count). The molecule has 0 N–H and O–H groups in total. The lowest BCUT2D eigenvalue weighted by Crippen LogP contribution is -2.05. The van der Waals surface area contributed by atoms with E-state index in [2.05, 4.69) is 33.2 Å². The topological polar surface area (TPSA) is 86.2 Å². The SMILES string of the molecule is N#Cc1cc(F)cc(-c2nc(Cc3cc(-c4ccccc4)cc(-c4ccccc4)c3)nc(-c3cc(F)cc(C#N)c3)n2)c1. The molecule has 6 aromatic rings. The Balaban J connectivity index is 1.51. The van der Waals surface area contributed by atoms with Crippen molar-refractivity contribution in [3.63, 3.8) is 0 Å². The molecule has 0 spiro atoms. The first kappa shape index (κ1) is 27.1. The van der Waals surface area contributed by atoms with Crippen LogP contribution < -0.4 is 0 Å². The third kappa shape index (κ3) is 6.17. The molecule has 0 amide bonds. The Hall–Kier alpha value is -6.05. The summed E-state index contributed by atoms with van der Waals surface area (Å²) in [5.74, 6) is -0.617. The number of nitrogens with zero attached hydrogens (tertiary/aromatic N) is 5. The molecule has 7 heteroatoms. The van der Waals surface area contributed by atoms with Gasteiger partial charge in [-0.2, -0.15) is 10.5 Å². The zero-order valence-corrected chi connectivity index (χ0v) is 22.7. The molecule has 1 aromatic heterocycles. The van der Waals surface area contributed by atoms with E-state index in [1.54, 1.807) is 0 Å². The van der Waals surface area contributed by atoms with Gasteiger partial charge in [0.2, 0.25) is 0 Å². The van der Waals surface area contributed by atoms with Crippen molar-refractivity contribution in [2.24, 2.45) is 0 Å². The second-order valence-corrected chi connectivity index (χ2v) is 9.91. The van der Waals surface area contributed by atoms with Gasteiger partial charge in [0.15, 0.2) is 11.6 Å². The van der Waals surface area contributed by atoms with Gasteiger partial charge in [0.05, 0.1) is 23.3 Å². The zero-order chi connectivity index (χ0) is 29.8. The number of hydrogen-bond donors (Lipinski definition) is 0. The van der Waals surface area contributed by atoms with E-state index < -0.39 is 11.6 Å². The van der Waals surface area contributed by atoms with E-state index in [1.165, 1.54) is 24.3 Å². The first-order valence-corrected chi connectivity index (χ1v) is 13.4. The van der Waals surface area contributed by atoms with Crippen molar-refractivity contribution in [2.45, 2.75) is 6.42 Å². The van der Waals surface area contributed by atoms with Gasteiger partial charge in [0.25, 0.3) is 0 Å². The largest absolute Gasteiger partial charge is 0.213 e. The van der Waals surface area contributed by atoms with E-state index >= 15 is 0 Å². The standard InChI is InChI=1S/C36H21F2N5/c37-32-15-24(21-39)13-30(19-32)35-41-34(42-36(43-35)31-14-25(22-40)16-33(38)20-31)17-23-11-28(26-7-3-1-4-8-26)18-29(12-23)27-9-5-2-6-10-27/h1-16,18-20H,17H2. The molecule has 5 nitrogen and oxygen atoms in total. The second-order valence-electron chi connectivity index (χ2n) is 9.91. The summed E-state index contributed by atoms with van der Waals surface area (Å²) in [5.41, 5.74) is 5.81. The van der Waals surface area contributed by atoms with Gasteiger partial charge in [0.1, 0.15) is 17.5 Å². The summed E-state index contributed by atoms with van der Waals surface area (Å²) in [6.45, 7) is 0. The molecule has 0 aliphatic carbocycles. The monoisotopic (exact) mass is 561 g/mol. The minimum absolute atomic E-state index is 0.110. The average molecular weight is 562 g/mol. The van der Waals surface area contributed by atoms with Gasteiger partial charge in [-0.1, -0.05) is 72.8 Å². The van der Waals surface area contributed by atoms with Crippen LogP contribution in [-0.4, -0.2) is 15.0 Å². The minimum Gasteiger partial charge on any atom is -0.213 e. The van der Waals surface area contributed by atoms with Crippen molar-refractivity contribution in [1.82, 2.24) is 15.0 Å². The van der Waals surface area contributed by atoms with Gasteiger partial charge >= 0.3 is 0 Å². The molecule has 43 heavy (non-hydrogen) atoms. The highest BCUT2D eigenvalue weighted by molar-refractivity contribution is 5.74. The van der Waals surface area contributed by atoms with Gasteiger partial charge in [-0.25, -0.2) is 23.7 Å². The summed E-state index contributed by atoms with van der Waals surface area (Å²) in [6, 6.07) is 37.9. The van der Waals surface area contributed by atoms with Crippen LogP contribution in [0.15, 0.2) is 115 Å². The van der Waals surface area contributed by atoms with Crippen LogP contribution in [-0.2, 0) is 6.42 Å². The van der Waals surface area contributed by atoms with E-state index in [4.69, 9.17) is 0 Å². The Labute approximate surface area is 247 Å². The molecule has 0 unspecified atom stereocenters. The number of benzene rings is 5. The number of nitriles is 2. The predicted octanol–water partition coefficient (Wildman–Crippen LogP) is 8.15. The van der Waals surface area contributed by atoms with Crippen molar-refractivity contribution < 1.29 is 8.78 Å². The van der Waals surface area contributed by atoms with Crippen LogP contribution in [0.1, 0.15) is 22.5 Å². The van der Waals surface area contributed by atoms with Gasteiger partial charge in [-0.3, -0.25) is 0 Å². The van der Waals surface area contributed by atoms with Gasteiger partial charge in [-0.05, 0) is 70.3 Å². The van der Waals surface area contributed by atoms with Crippen molar-refractivity contribution in [1.29, 1.82) is 10.5 Å². The predicted molar refractivity (Wildman–Crippen MR) is 160 cm³/mol. The molecule has 1 heterocycles. The Bertz CT molecular complexity index is 1910. The van der Waals surface area contributed by atoms with E-state index in [-0.39, 0.29) is 40.3 Å². The fourth-order valence-corrected chi connectivity index (χ4v) is 4.89. The summed E-state index contributed by atoms with van der Waals surface area (Å²) >= 11 is 0. The smallest absolute Gasteiger partial charge is 0.163 e. The fourth-order valence-electron chi connectivity index (χ4n) is 4.89. The Morgan fingerprint density at radius 3 is 1.40 bits per heavy atom. The lowest BCUT2D eigenvalue weighted by Gasteiger charge is -2.12. The maximum absolute atomic E-state index is 14.4. The number of rotatable bonds is 6. The maximum atomic E-state index is 14.4. The lowest BCUT2D eigenvalue weighted by atomic mass is 9.95. The molecular weight excluding hydrogens is 540 g/mol. The zero-order valence-electron chi connectivity index (χ0n) is 22.7. The molecule has 0 aliphatic heterocycles. The third-order valence-electron chi connectivity index (χ3n) is 6.82. The normalized spacial score (nSPS) is 10.6. The summed E-state index contributed by atoms with van der Waals surface area (Å²) in [6.07, 6.45) is 0.282. The summed E-state index contributed by atoms with van der Waals surface area (Å²) in [4.78, 5) is 13.8. The van der Waals surface area contributed by atoms with Crippen LogP contribution in [0.2, 0.25) is 0 Å².